The highest BCUT2D eigenvalue weighted by atomic mass is 15.0. The molecule has 0 radical (unpaired) electrons. The zero-order valence-electron chi connectivity index (χ0n) is 11.2. The van der Waals surface area contributed by atoms with Crippen molar-refractivity contribution in [2.75, 3.05) is 11.9 Å². The molecule has 0 saturated heterocycles. The number of hydrogen-bond acceptors (Lipinski definition) is 3. The monoisotopic (exact) mass is 263 g/mol. The molecule has 1 heterocycles. The van der Waals surface area contributed by atoms with Crippen LogP contribution in [0.4, 0.5) is 11.5 Å². The van der Waals surface area contributed by atoms with Crippen LogP contribution < -0.4 is 11.1 Å². The van der Waals surface area contributed by atoms with Crippen molar-refractivity contribution in [1.29, 1.82) is 0 Å². The number of nitrogens with zero attached hydrogens (tertiary/aromatic N) is 1. The van der Waals surface area contributed by atoms with Gasteiger partial charge < -0.3 is 11.1 Å². The number of para-hydroxylation sites is 1. The third-order valence-corrected chi connectivity index (χ3v) is 3.26. The van der Waals surface area contributed by atoms with Crippen LogP contribution in [0.3, 0.4) is 0 Å². The number of hydrogen-bond donors (Lipinski definition) is 2. The maximum atomic E-state index is 5.55. The first kappa shape index (κ1) is 12.6. The smallest absolute Gasteiger partial charge is 0.131 e. The van der Waals surface area contributed by atoms with Gasteiger partial charge in [0.05, 0.1) is 5.52 Å². The van der Waals surface area contributed by atoms with Gasteiger partial charge in [0.15, 0.2) is 0 Å². The fourth-order valence-corrected chi connectivity index (χ4v) is 2.20. The molecular formula is C17H17N3. The van der Waals surface area contributed by atoms with Crippen LogP contribution in [0, 0.1) is 0 Å². The summed E-state index contributed by atoms with van der Waals surface area (Å²) >= 11 is 0. The predicted octanol–water partition coefficient (Wildman–Crippen LogP) is 3.48. The van der Waals surface area contributed by atoms with E-state index in [-0.39, 0.29) is 0 Å². The Kier molecular flexibility index (Phi) is 3.61. The van der Waals surface area contributed by atoms with Gasteiger partial charge in [0.1, 0.15) is 5.82 Å². The number of nitrogens with two attached hydrogens (primary N) is 1. The summed E-state index contributed by atoms with van der Waals surface area (Å²) in [4.78, 5) is 4.60. The summed E-state index contributed by atoms with van der Waals surface area (Å²) in [5, 5.41) is 4.47. The molecular weight excluding hydrogens is 246 g/mol. The first-order chi connectivity index (χ1) is 9.85. The fraction of sp³-hybridized carbons (Fsp3) is 0.118. The Balaban J connectivity index is 1.81. The number of anilines is 2. The molecule has 3 N–H and O–H groups in total. The van der Waals surface area contributed by atoms with Gasteiger partial charge >= 0.3 is 0 Å². The van der Waals surface area contributed by atoms with Crippen molar-refractivity contribution in [3.05, 3.63) is 66.2 Å². The molecule has 0 spiro atoms. The first-order valence-electron chi connectivity index (χ1n) is 6.77. The van der Waals surface area contributed by atoms with E-state index in [0.717, 1.165) is 28.8 Å². The Morgan fingerprint density at radius 1 is 0.900 bits per heavy atom. The van der Waals surface area contributed by atoms with Gasteiger partial charge in [-0.3, -0.25) is 0 Å². The summed E-state index contributed by atoms with van der Waals surface area (Å²) in [6.07, 6.45) is 0.911. The maximum absolute atomic E-state index is 5.55. The van der Waals surface area contributed by atoms with Crippen molar-refractivity contribution < 1.29 is 0 Å². The molecule has 0 unspecified atom stereocenters. The van der Waals surface area contributed by atoms with Crippen LogP contribution in [0.25, 0.3) is 10.9 Å². The van der Waals surface area contributed by atoms with E-state index < -0.39 is 0 Å². The van der Waals surface area contributed by atoms with Crippen LogP contribution in [0.5, 0.6) is 0 Å². The molecule has 3 rings (SSSR count). The second-order valence-electron chi connectivity index (χ2n) is 4.75. The Bertz CT molecular complexity index is 705. The lowest BCUT2D eigenvalue weighted by atomic mass is 10.1. The number of pyridine rings is 1. The minimum atomic E-state index is 0.680. The highest BCUT2D eigenvalue weighted by Gasteiger charge is 1.99. The van der Waals surface area contributed by atoms with Gasteiger partial charge in [-0.05, 0) is 48.9 Å². The minimum Gasteiger partial charge on any atom is -0.340 e. The second kappa shape index (κ2) is 5.72. The van der Waals surface area contributed by atoms with Crippen LogP contribution in [0.1, 0.15) is 5.56 Å². The Morgan fingerprint density at radius 3 is 2.50 bits per heavy atom. The van der Waals surface area contributed by atoms with Crippen molar-refractivity contribution in [3.63, 3.8) is 0 Å². The van der Waals surface area contributed by atoms with Gasteiger partial charge in [0.2, 0.25) is 0 Å². The van der Waals surface area contributed by atoms with E-state index in [1.54, 1.807) is 0 Å². The molecule has 0 amide bonds. The average molecular weight is 263 g/mol. The standard InChI is InChI=1S/C17H17N3/c18-12-11-13-5-8-15(9-6-13)19-17-10-7-14-3-1-2-4-16(14)20-17/h1-10H,11-12,18H2,(H,19,20). The topological polar surface area (TPSA) is 50.9 Å². The van der Waals surface area contributed by atoms with E-state index in [0.29, 0.717) is 6.54 Å². The Morgan fingerprint density at radius 2 is 1.70 bits per heavy atom. The number of aromatic nitrogens is 1. The molecule has 3 heteroatoms. The SMILES string of the molecule is NCCc1ccc(Nc2ccc3ccccc3n2)cc1. The molecule has 0 saturated carbocycles. The minimum absolute atomic E-state index is 0.680. The summed E-state index contributed by atoms with van der Waals surface area (Å²) in [5.74, 6) is 0.857. The molecule has 3 nitrogen and oxygen atoms in total. The lowest BCUT2D eigenvalue weighted by Gasteiger charge is -2.07. The van der Waals surface area contributed by atoms with Gasteiger partial charge in [-0.2, -0.15) is 0 Å². The average Bonchev–Trinajstić information content (AvgIpc) is 2.49. The highest BCUT2D eigenvalue weighted by Crippen LogP contribution is 2.19. The molecule has 20 heavy (non-hydrogen) atoms. The summed E-state index contributed by atoms with van der Waals surface area (Å²) in [6, 6.07) is 20.5. The van der Waals surface area contributed by atoms with E-state index in [1.165, 1.54) is 5.56 Å². The number of rotatable bonds is 4. The summed E-state index contributed by atoms with van der Waals surface area (Å²) in [5.41, 5.74) is 8.84. The van der Waals surface area contributed by atoms with Crippen LogP contribution in [0.2, 0.25) is 0 Å². The lowest BCUT2D eigenvalue weighted by Crippen LogP contribution is -2.02. The van der Waals surface area contributed by atoms with Crippen molar-refractivity contribution in [1.82, 2.24) is 4.98 Å². The van der Waals surface area contributed by atoms with Crippen LogP contribution in [0.15, 0.2) is 60.7 Å². The lowest BCUT2D eigenvalue weighted by molar-refractivity contribution is 0.969. The largest absolute Gasteiger partial charge is 0.340 e. The maximum Gasteiger partial charge on any atom is 0.131 e. The molecule has 0 aliphatic rings. The van der Waals surface area contributed by atoms with E-state index in [9.17, 15) is 0 Å². The van der Waals surface area contributed by atoms with Gasteiger partial charge in [0, 0.05) is 11.1 Å². The van der Waals surface area contributed by atoms with Crippen molar-refractivity contribution in [2.24, 2.45) is 5.73 Å². The number of benzene rings is 2. The quantitative estimate of drug-likeness (QED) is 0.757. The van der Waals surface area contributed by atoms with E-state index in [1.807, 2.05) is 24.3 Å². The Hall–Kier alpha value is -2.39. The zero-order valence-corrected chi connectivity index (χ0v) is 11.2. The fourth-order valence-electron chi connectivity index (χ4n) is 2.20. The van der Waals surface area contributed by atoms with Crippen LogP contribution >= 0.6 is 0 Å². The second-order valence-corrected chi connectivity index (χ2v) is 4.75. The van der Waals surface area contributed by atoms with Crippen LogP contribution in [-0.4, -0.2) is 11.5 Å². The van der Waals surface area contributed by atoms with Gasteiger partial charge in [-0.15, -0.1) is 0 Å². The number of fused-ring (bicyclic) bond motifs is 1. The molecule has 0 aliphatic carbocycles. The molecule has 0 fully saturated rings. The summed E-state index contributed by atoms with van der Waals surface area (Å²) in [6.45, 7) is 0.680. The highest BCUT2D eigenvalue weighted by molar-refractivity contribution is 5.80. The molecule has 1 aromatic heterocycles. The van der Waals surface area contributed by atoms with Gasteiger partial charge in [-0.1, -0.05) is 30.3 Å². The molecule has 100 valence electrons. The van der Waals surface area contributed by atoms with Crippen LogP contribution in [-0.2, 0) is 6.42 Å². The first-order valence-corrected chi connectivity index (χ1v) is 6.77. The van der Waals surface area contributed by atoms with Gasteiger partial charge in [0.25, 0.3) is 0 Å². The third-order valence-electron chi connectivity index (χ3n) is 3.26. The van der Waals surface area contributed by atoms with Gasteiger partial charge in [-0.25, -0.2) is 4.98 Å². The summed E-state index contributed by atoms with van der Waals surface area (Å²) in [7, 11) is 0. The molecule has 3 aromatic rings. The summed E-state index contributed by atoms with van der Waals surface area (Å²) < 4.78 is 0. The molecule has 0 bridgehead atoms. The Labute approximate surface area is 118 Å². The molecule has 2 aromatic carbocycles. The van der Waals surface area contributed by atoms with E-state index >= 15 is 0 Å². The van der Waals surface area contributed by atoms with Crippen molar-refractivity contribution in [3.8, 4) is 0 Å². The van der Waals surface area contributed by atoms with Crippen molar-refractivity contribution >= 4 is 22.4 Å². The third kappa shape index (κ3) is 2.78. The normalized spacial score (nSPS) is 10.7. The molecule has 0 aliphatic heterocycles. The zero-order chi connectivity index (χ0) is 13.8. The predicted molar refractivity (Wildman–Crippen MR) is 84.2 cm³/mol. The van der Waals surface area contributed by atoms with Crippen molar-refractivity contribution in [2.45, 2.75) is 6.42 Å². The molecule has 0 atom stereocenters. The van der Waals surface area contributed by atoms with E-state index in [4.69, 9.17) is 5.73 Å². The number of nitrogens with one attached hydrogen (secondary N) is 1. The van der Waals surface area contributed by atoms with E-state index in [2.05, 4.69) is 46.7 Å².